The molecule has 0 fully saturated rings. The Morgan fingerprint density at radius 1 is 1.29 bits per heavy atom. The van der Waals surface area contributed by atoms with Gasteiger partial charge in [-0.25, -0.2) is 0 Å². The molecule has 0 spiro atoms. The van der Waals surface area contributed by atoms with E-state index >= 15 is 0 Å². The third-order valence-corrected chi connectivity index (χ3v) is 4.41. The van der Waals surface area contributed by atoms with Crippen molar-refractivity contribution in [3.63, 3.8) is 0 Å². The topological polar surface area (TPSA) is 75.5 Å². The lowest BCUT2D eigenvalue weighted by molar-refractivity contribution is -0.387. The molecular formula is C16H16ClN3O3S. The highest BCUT2D eigenvalue weighted by molar-refractivity contribution is 7.98. The summed E-state index contributed by atoms with van der Waals surface area (Å²) in [5.74, 6) is -0.434. The van der Waals surface area contributed by atoms with Crippen LogP contribution in [0.2, 0.25) is 5.02 Å². The molecule has 2 aromatic rings. The lowest BCUT2D eigenvalue weighted by Crippen LogP contribution is -2.17. The number of anilines is 2. The van der Waals surface area contributed by atoms with E-state index in [1.54, 1.807) is 41.5 Å². The van der Waals surface area contributed by atoms with Crippen molar-refractivity contribution < 1.29 is 9.72 Å². The summed E-state index contributed by atoms with van der Waals surface area (Å²) in [6.45, 7) is 0. The Kier molecular flexibility index (Phi) is 5.69. The van der Waals surface area contributed by atoms with Gasteiger partial charge in [-0.2, -0.15) is 0 Å². The first kappa shape index (κ1) is 18.1. The Morgan fingerprint density at radius 2 is 2.00 bits per heavy atom. The molecule has 2 aromatic carbocycles. The van der Waals surface area contributed by atoms with Crippen LogP contribution in [0.4, 0.5) is 17.1 Å². The van der Waals surface area contributed by atoms with Crippen molar-refractivity contribution in [3.8, 4) is 0 Å². The van der Waals surface area contributed by atoms with E-state index in [0.29, 0.717) is 21.3 Å². The molecule has 1 amide bonds. The van der Waals surface area contributed by atoms with Crippen LogP contribution in [-0.2, 0) is 0 Å². The fraction of sp³-hybridized carbons (Fsp3) is 0.188. The molecule has 0 aromatic heterocycles. The summed E-state index contributed by atoms with van der Waals surface area (Å²) in [5.41, 5.74) is 1.33. The Balaban J connectivity index is 2.36. The minimum absolute atomic E-state index is 0.0888. The lowest BCUT2D eigenvalue weighted by Gasteiger charge is -2.19. The maximum Gasteiger partial charge on any atom is 0.283 e. The fourth-order valence-corrected chi connectivity index (χ4v) is 3.13. The molecule has 0 aliphatic heterocycles. The van der Waals surface area contributed by atoms with E-state index < -0.39 is 10.8 Å². The molecule has 0 saturated heterocycles. The van der Waals surface area contributed by atoms with Crippen molar-refractivity contribution in [3.05, 3.63) is 57.1 Å². The number of nitrogens with zero attached hydrogens (tertiary/aromatic N) is 2. The van der Waals surface area contributed by atoms with Gasteiger partial charge in [-0.3, -0.25) is 14.9 Å². The van der Waals surface area contributed by atoms with Gasteiger partial charge in [0, 0.05) is 25.7 Å². The van der Waals surface area contributed by atoms with Crippen molar-refractivity contribution in [1.29, 1.82) is 0 Å². The molecule has 0 saturated carbocycles. The van der Waals surface area contributed by atoms with Gasteiger partial charge in [0.25, 0.3) is 11.6 Å². The van der Waals surface area contributed by atoms with E-state index in [-0.39, 0.29) is 11.3 Å². The molecule has 0 aliphatic rings. The van der Waals surface area contributed by atoms with Gasteiger partial charge in [-0.1, -0.05) is 17.7 Å². The second kappa shape index (κ2) is 7.55. The minimum Gasteiger partial charge on any atom is -0.375 e. The molecule has 1 N–H and O–H groups in total. The van der Waals surface area contributed by atoms with Gasteiger partial charge in [0.1, 0.15) is 0 Å². The first-order chi connectivity index (χ1) is 11.3. The predicted molar refractivity (Wildman–Crippen MR) is 98.6 cm³/mol. The number of nitro benzene ring substituents is 1. The number of nitro groups is 1. The molecule has 2 rings (SSSR count). The van der Waals surface area contributed by atoms with Gasteiger partial charge < -0.3 is 10.2 Å². The number of para-hydroxylation sites is 1. The minimum atomic E-state index is -0.493. The third kappa shape index (κ3) is 3.80. The van der Waals surface area contributed by atoms with Crippen molar-refractivity contribution in [2.75, 3.05) is 30.6 Å². The van der Waals surface area contributed by atoms with Crippen molar-refractivity contribution >= 4 is 46.3 Å². The molecule has 8 heteroatoms. The quantitative estimate of drug-likeness (QED) is 0.486. The van der Waals surface area contributed by atoms with Crippen LogP contribution >= 0.6 is 23.4 Å². The van der Waals surface area contributed by atoms with Crippen molar-refractivity contribution in [2.24, 2.45) is 0 Å². The maximum atomic E-state index is 12.5. The van der Waals surface area contributed by atoms with Gasteiger partial charge in [0.2, 0.25) is 0 Å². The molecule has 126 valence electrons. The number of carbonyl (C=O) groups excluding carboxylic acids is 1. The summed E-state index contributed by atoms with van der Waals surface area (Å²) in [6.07, 6.45) is 1.75. The highest BCUT2D eigenvalue weighted by Gasteiger charge is 2.18. The summed E-state index contributed by atoms with van der Waals surface area (Å²) >= 11 is 7.43. The number of hydrogen-bond donors (Lipinski definition) is 1. The van der Waals surface area contributed by atoms with Crippen LogP contribution in [0.3, 0.4) is 0 Å². The normalized spacial score (nSPS) is 10.3. The van der Waals surface area contributed by atoms with Gasteiger partial charge >= 0.3 is 0 Å². The predicted octanol–water partition coefficient (Wildman–Crippen LogP) is 4.29. The number of hydrogen-bond acceptors (Lipinski definition) is 5. The molecule has 0 aliphatic carbocycles. The van der Waals surface area contributed by atoms with E-state index in [4.69, 9.17) is 11.6 Å². The maximum absolute atomic E-state index is 12.5. The van der Waals surface area contributed by atoms with Gasteiger partial charge in [-0.05, 0) is 30.5 Å². The molecule has 0 radical (unpaired) electrons. The van der Waals surface area contributed by atoms with Crippen molar-refractivity contribution in [2.45, 2.75) is 4.90 Å². The van der Waals surface area contributed by atoms with E-state index in [9.17, 15) is 14.9 Å². The Labute approximate surface area is 148 Å². The third-order valence-electron chi connectivity index (χ3n) is 3.32. The number of carbonyl (C=O) groups is 1. The monoisotopic (exact) mass is 365 g/mol. The number of rotatable bonds is 5. The molecule has 0 atom stereocenters. The van der Waals surface area contributed by atoms with E-state index in [2.05, 4.69) is 5.32 Å². The molecule has 0 heterocycles. The van der Waals surface area contributed by atoms with E-state index in [1.165, 1.54) is 17.8 Å². The molecular weight excluding hydrogens is 350 g/mol. The van der Waals surface area contributed by atoms with Crippen LogP contribution in [0.15, 0.2) is 41.3 Å². The van der Waals surface area contributed by atoms with Crippen LogP contribution in [0.25, 0.3) is 0 Å². The highest BCUT2D eigenvalue weighted by Crippen LogP contribution is 2.33. The Bertz CT molecular complexity index is 796. The zero-order chi connectivity index (χ0) is 17.9. The standard InChI is InChI=1S/C16H16ClN3O3S/c1-19(2)15-11(17)5-4-6-12(15)18-16(21)10-7-8-14(24-3)13(9-10)20(22)23/h4-9H,1-3H3,(H,18,21). The number of benzene rings is 2. The molecule has 24 heavy (non-hydrogen) atoms. The zero-order valence-corrected chi connectivity index (χ0v) is 14.9. The number of nitrogens with one attached hydrogen (secondary N) is 1. The highest BCUT2D eigenvalue weighted by atomic mass is 35.5. The van der Waals surface area contributed by atoms with Crippen LogP contribution in [0.1, 0.15) is 10.4 Å². The largest absolute Gasteiger partial charge is 0.375 e. The molecule has 0 bridgehead atoms. The first-order valence-corrected chi connectivity index (χ1v) is 8.55. The second-order valence-electron chi connectivity index (χ2n) is 5.13. The summed E-state index contributed by atoms with van der Waals surface area (Å²) in [7, 11) is 3.63. The molecule has 6 nitrogen and oxygen atoms in total. The number of halogens is 1. The van der Waals surface area contributed by atoms with Gasteiger partial charge in [0.15, 0.2) is 0 Å². The number of amides is 1. The summed E-state index contributed by atoms with van der Waals surface area (Å²) in [4.78, 5) is 25.4. The summed E-state index contributed by atoms with van der Waals surface area (Å²) < 4.78 is 0. The zero-order valence-electron chi connectivity index (χ0n) is 13.4. The van der Waals surface area contributed by atoms with Crippen LogP contribution < -0.4 is 10.2 Å². The van der Waals surface area contributed by atoms with Gasteiger partial charge in [0.05, 0.1) is 26.2 Å². The fourth-order valence-electron chi connectivity index (χ4n) is 2.24. The summed E-state index contributed by atoms with van der Waals surface area (Å²) in [6, 6.07) is 9.59. The number of thioether (sulfide) groups is 1. The van der Waals surface area contributed by atoms with Crippen molar-refractivity contribution in [1.82, 2.24) is 0 Å². The average molecular weight is 366 g/mol. The van der Waals surface area contributed by atoms with E-state index in [1.807, 2.05) is 14.1 Å². The van der Waals surface area contributed by atoms with Gasteiger partial charge in [-0.15, -0.1) is 11.8 Å². The first-order valence-electron chi connectivity index (χ1n) is 6.94. The van der Waals surface area contributed by atoms with E-state index in [0.717, 1.165) is 0 Å². The van der Waals surface area contributed by atoms with Crippen LogP contribution in [0, 0.1) is 10.1 Å². The molecule has 0 unspecified atom stereocenters. The Morgan fingerprint density at radius 3 is 2.58 bits per heavy atom. The smallest absolute Gasteiger partial charge is 0.283 e. The average Bonchev–Trinajstić information content (AvgIpc) is 2.53. The van der Waals surface area contributed by atoms with Crippen LogP contribution in [-0.4, -0.2) is 31.2 Å². The summed E-state index contributed by atoms with van der Waals surface area (Å²) in [5, 5.41) is 14.4. The van der Waals surface area contributed by atoms with Crippen LogP contribution in [0.5, 0.6) is 0 Å². The Hall–Kier alpha value is -2.25. The second-order valence-corrected chi connectivity index (χ2v) is 6.38. The SMILES string of the molecule is CSc1ccc(C(=O)Nc2cccc(Cl)c2N(C)C)cc1[N+](=O)[O-]. The lowest BCUT2D eigenvalue weighted by atomic mass is 10.1.